The normalized spacial score (nSPS) is 24.1. The Labute approximate surface area is 159 Å². The van der Waals surface area contributed by atoms with E-state index >= 15 is 0 Å². The molecule has 7 heteroatoms. The molecular weight excluding hydrogens is 348 g/mol. The molecule has 0 radical (unpaired) electrons. The number of nitrogens with two attached hydrogens (primary N) is 1. The van der Waals surface area contributed by atoms with Crippen molar-refractivity contribution in [1.82, 2.24) is 0 Å². The minimum absolute atomic E-state index is 0.0716. The molecular formula is C20H29N2O5+. The molecule has 3 amide bonds. The monoisotopic (exact) mass is 377 g/mol. The van der Waals surface area contributed by atoms with Crippen molar-refractivity contribution < 1.29 is 29.0 Å². The van der Waals surface area contributed by atoms with Gasteiger partial charge in [0.25, 0.3) is 5.91 Å². The van der Waals surface area contributed by atoms with Crippen LogP contribution in [-0.2, 0) is 20.8 Å². The van der Waals surface area contributed by atoms with E-state index in [9.17, 15) is 19.6 Å². The predicted molar refractivity (Wildman–Crippen MR) is 98.5 cm³/mol. The van der Waals surface area contributed by atoms with E-state index in [1.54, 1.807) is 27.9 Å². The highest BCUT2D eigenvalue weighted by molar-refractivity contribution is 5.96. The molecule has 0 aliphatic carbocycles. The highest BCUT2D eigenvalue weighted by Crippen LogP contribution is 2.38. The maximum absolute atomic E-state index is 12.8. The van der Waals surface area contributed by atoms with Gasteiger partial charge < -0.3 is 10.5 Å². The fourth-order valence-electron chi connectivity index (χ4n) is 3.85. The third-order valence-corrected chi connectivity index (χ3v) is 5.13. The number of amides is 3. The molecule has 1 aromatic rings. The molecule has 0 aromatic heterocycles. The fraction of sp³-hybridized carbons (Fsp3) is 0.550. The number of methoxy groups -OCH3 is 1. The average molecular weight is 377 g/mol. The van der Waals surface area contributed by atoms with Gasteiger partial charge in [-0.25, -0.2) is 14.8 Å². The summed E-state index contributed by atoms with van der Waals surface area (Å²) in [5.41, 5.74) is 5.70. The largest absolute Gasteiger partial charge is 0.497 e. The Hall–Kier alpha value is -2.25. The second-order valence-electron chi connectivity index (χ2n) is 8.23. The Kier molecular flexibility index (Phi) is 6.07. The van der Waals surface area contributed by atoms with Gasteiger partial charge in [-0.1, -0.05) is 32.9 Å². The van der Waals surface area contributed by atoms with E-state index < -0.39 is 39.7 Å². The summed E-state index contributed by atoms with van der Waals surface area (Å²) < 4.78 is 3.62. The highest BCUT2D eigenvalue weighted by atomic mass is 16.6. The number of primary amides is 1. The number of hydrogen-bond acceptors (Lipinski definition) is 5. The summed E-state index contributed by atoms with van der Waals surface area (Å²) in [5.74, 6) is -1.98. The first-order valence-electron chi connectivity index (χ1n) is 9.13. The molecule has 148 valence electrons. The van der Waals surface area contributed by atoms with E-state index in [1.165, 1.54) is 0 Å². The van der Waals surface area contributed by atoms with Gasteiger partial charge in [0.15, 0.2) is 0 Å². The number of hydrogen-bond donors (Lipinski definition) is 2. The molecule has 1 saturated heterocycles. The lowest BCUT2D eigenvalue weighted by Crippen LogP contribution is -2.66. The highest BCUT2D eigenvalue weighted by Gasteiger charge is 2.64. The number of quaternary nitrogens is 1. The molecule has 0 bridgehead atoms. The average Bonchev–Trinajstić information content (AvgIpc) is 2.78. The molecule has 0 spiro atoms. The molecule has 27 heavy (non-hydrogen) atoms. The van der Waals surface area contributed by atoms with Gasteiger partial charge in [0, 0.05) is 5.41 Å². The third kappa shape index (κ3) is 4.20. The van der Waals surface area contributed by atoms with Crippen LogP contribution in [0.1, 0.15) is 45.6 Å². The maximum atomic E-state index is 12.8. The molecule has 0 saturated carbocycles. The van der Waals surface area contributed by atoms with Crippen molar-refractivity contribution >= 4 is 17.7 Å². The fourth-order valence-corrected chi connectivity index (χ4v) is 3.85. The van der Waals surface area contributed by atoms with Gasteiger partial charge in [0.1, 0.15) is 5.75 Å². The van der Waals surface area contributed by atoms with Crippen LogP contribution in [0.3, 0.4) is 0 Å². The van der Waals surface area contributed by atoms with Crippen molar-refractivity contribution in [3.63, 3.8) is 0 Å². The molecule has 2 rings (SSSR count). The number of carbonyl (C=O) groups excluding carboxylic acids is 3. The van der Waals surface area contributed by atoms with Crippen molar-refractivity contribution in [2.24, 2.45) is 17.1 Å². The van der Waals surface area contributed by atoms with Crippen molar-refractivity contribution in [3.05, 3.63) is 29.8 Å². The maximum Gasteiger partial charge on any atom is 0.357 e. The number of rotatable bonds is 7. The van der Waals surface area contributed by atoms with Crippen molar-refractivity contribution in [1.29, 1.82) is 0 Å². The number of likely N-dealkylation sites (tertiary alicyclic amines) is 1. The van der Waals surface area contributed by atoms with Crippen LogP contribution in [-0.4, -0.2) is 40.7 Å². The first kappa shape index (κ1) is 21.1. The first-order valence-corrected chi connectivity index (χ1v) is 9.13. The number of imide groups is 1. The Bertz CT molecular complexity index is 723. The van der Waals surface area contributed by atoms with Crippen LogP contribution < -0.4 is 10.5 Å². The van der Waals surface area contributed by atoms with E-state index in [0.29, 0.717) is 12.8 Å². The van der Waals surface area contributed by atoms with Gasteiger partial charge in [-0.3, -0.25) is 4.79 Å². The number of aryl methyl sites for hydroxylation is 1. The van der Waals surface area contributed by atoms with E-state index in [0.717, 1.165) is 17.7 Å². The lowest BCUT2D eigenvalue weighted by atomic mass is 9.84. The topological polar surface area (TPSA) is 107 Å². The summed E-state index contributed by atoms with van der Waals surface area (Å²) in [6.45, 7) is 5.03. The summed E-state index contributed by atoms with van der Waals surface area (Å²) in [7, 11) is 1.61. The van der Waals surface area contributed by atoms with Crippen LogP contribution in [0.25, 0.3) is 0 Å². The second kappa shape index (κ2) is 7.78. The Morgan fingerprint density at radius 1 is 1.30 bits per heavy atom. The van der Waals surface area contributed by atoms with E-state index in [1.807, 2.05) is 24.3 Å². The first-order chi connectivity index (χ1) is 12.5. The number of nitrogens with zero attached hydrogens (tertiary/aromatic N) is 1. The number of ether oxygens (including phenoxy) is 1. The standard InChI is InChI=1S/C20H28N2O5/c1-20(2,3)17(18(21)24)22(26)16(23)12-14(19(22)25)7-5-6-13-8-10-15(27-4)11-9-13/h8-11,14,17,26H,5-7,12H2,1-4H3,(H-,21,24)/p+1/t14-,17-,22?/m1/s1. The molecule has 3 N–H and O–H groups in total. The summed E-state index contributed by atoms with van der Waals surface area (Å²) >= 11 is 0. The van der Waals surface area contributed by atoms with Gasteiger partial charge in [-0.2, -0.15) is 0 Å². The zero-order chi connectivity index (χ0) is 20.4. The molecule has 1 heterocycles. The van der Waals surface area contributed by atoms with Crippen LogP contribution in [0.2, 0.25) is 0 Å². The van der Waals surface area contributed by atoms with Crippen molar-refractivity contribution in [2.75, 3.05) is 7.11 Å². The Morgan fingerprint density at radius 3 is 2.37 bits per heavy atom. The molecule has 1 fully saturated rings. The van der Waals surface area contributed by atoms with E-state index in [4.69, 9.17) is 10.5 Å². The van der Waals surface area contributed by atoms with E-state index in [-0.39, 0.29) is 6.42 Å². The molecule has 7 nitrogen and oxygen atoms in total. The zero-order valence-corrected chi connectivity index (χ0v) is 16.4. The molecule has 3 atom stereocenters. The van der Waals surface area contributed by atoms with Gasteiger partial charge in [-0.15, -0.1) is 0 Å². The molecule has 1 aliphatic rings. The Morgan fingerprint density at radius 2 is 1.89 bits per heavy atom. The van der Waals surface area contributed by atoms with Gasteiger partial charge >= 0.3 is 11.8 Å². The van der Waals surface area contributed by atoms with Crippen LogP contribution in [0.15, 0.2) is 24.3 Å². The molecule has 1 aliphatic heterocycles. The second-order valence-corrected chi connectivity index (χ2v) is 8.23. The van der Waals surface area contributed by atoms with Gasteiger partial charge in [0.05, 0.1) is 19.4 Å². The van der Waals surface area contributed by atoms with Crippen LogP contribution in [0.4, 0.5) is 0 Å². The zero-order valence-electron chi connectivity index (χ0n) is 16.4. The molecule has 1 unspecified atom stereocenters. The number of benzene rings is 1. The lowest BCUT2D eigenvalue weighted by Gasteiger charge is -2.35. The van der Waals surface area contributed by atoms with Crippen LogP contribution in [0.5, 0.6) is 5.75 Å². The Balaban J connectivity index is 2.07. The predicted octanol–water partition coefficient (Wildman–Crippen LogP) is 2.20. The summed E-state index contributed by atoms with van der Waals surface area (Å²) in [5, 5.41) is 10.9. The smallest absolute Gasteiger partial charge is 0.357 e. The van der Waals surface area contributed by atoms with Gasteiger partial charge in [-0.05, 0) is 41.6 Å². The van der Waals surface area contributed by atoms with E-state index in [2.05, 4.69) is 0 Å². The third-order valence-electron chi connectivity index (χ3n) is 5.13. The van der Waals surface area contributed by atoms with Gasteiger partial charge in [0.2, 0.25) is 6.04 Å². The summed E-state index contributed by atoms with van der Waals surface area (Å²) in [6, 6.07) is 6.35. The number of carbonyl (C=O) groups is 3. The van der Waals surface area contributed by atoms with Crippen molar-refractivity contribution in [3.8, 4) is 5.75 Å². The minimum Gasteiger partial charge on any atom is -0.497 e. The summed E-state index contributed by atoms with van der Waals surface area (Å²) in [4.78, 5) is 37.2. The SMILES string of the molecule is COc1ccc(CCC[C@@H]2CC(=O)[N+](O)([C@H](C(N)=O)C(C)(C)C)C2=O)cc1. The lowest BCUT2D eigenvalue weighted by molar-refractivity contribution is -0.989. The van der Waals surface area contributed by atoms with Crippen LogP contribution >= 0.6 is 0 Å². The summed E-state index contributed by atoms with van der Waals surface area (Å²) in [6.07, 6.45) is 1.82. The minimum atomic E-state index is -1.51. The number of hydroxylamine groups is 3. The molecule has 1 aromatic carbocycles. The van der Waals surface area contributed by atoms with Crippen molar-refractivity contribution in [2.45, 2.75) is 52.5 Å². The van der Waals surface area contributed by atoms with Crippen LogP contribution in [0, 0.1) is 11.3 Å². The quantitative estimate of drug-likeness (QED) is 0.430.